The van der Waals surface area contributed by atoms with Crippen LogP contribution < -0.4 is 0 Å². The Morgan fingerprint density at radius 3 is 1.66 bits per heavy atom. The number of hydrogen-bond donors (Lipinski definition) is 4. The van der Waals surface area contributed by atoms with Crippen LogP contribution in [0.25, 0.3) is 32.3 Å². The third-order valence-corrected chi connectivity index (χ3v) is 4.80. The van der Waals surface area contributed by atoms with Crippen LogP contribution in [0.1, 0.15) is 41.4 Å². The molecule has 9 heteroatoms. The van der Waals surface area contributed by atoms with E-state index in [-0.39, 0.29) is 84.1 Å². The Morgan fingerprint density at radius 2 is 1.14 bits per heavy atom. The molecule has 4 aromatic carbocycles. The molecule has 0 aliphatic rings. The molecule has 0 saturated carbocycles. The Bertz CT molecular complexity index is 1370. The number of carboxylic acid groups (broad SMARTS) is 4. The molecule has 0 saturated heterocycles. The minimum atomic E-state index is -1.51. The van der Waals surface area contributed by atoms with Gasteiger partial charge in [0.2, 0.25) is 0 Å². The summed E-state index contributed by atoms with van der Waals surface area (Å²) in [6, 6.07) is 8.04. The summed E-state index contributed by atoms with van der Waals surface area (Å²) < 4.78 is 0. The van der Waals surface area contributed by atoms with Crippen LogP contribution in [0.3, 0.4) is 0 Å². The van der Waals surface area contributed by atoms with Crippen molar-refractivity contribution < 1.29 is 39.6 Å². The molecule has 0 atom stereocenters. The third kappa shape index (κ3) is 2.98. The van der Waals surface area contributed by atoms with E-state index in [1.807, 2.05) is 0 Å². The van der Waals surface area contributed by atoms with Crippen LogP contribution in [0.2, 0.25) is 0 Å². The van der Waals surface area contributed by atoms with E-state index in [1.54, 1.807) is 6.07 Å². The van der Waals surface area contributed by atoms with E-state index in [2.05, 4.69) is 0 Å². The average molecular weight is 418 g/mol. The van der Waals surface area contributed by atoms with E-state index in [9.17, 15) is 39.6 Å². The molecular weight excluding hydrogens is 407 g/mol. The maximum atomic E-state index is 11.9. The molecule has 0 fully saturated rings. The van der Waals surface area contributed by atoms with Gasteiger partial charge >= 0.3 is 75.3 Å². The normalized spacial score (nSPS) is 10.9. The molecule has 140 valence electrons. The second-order valence-electron chi connectivity index (χ2n) is 6.21. The van der Waals surface area contributed by atoms with Gasteiger partial charge in [-0.1, -0.05) is 24.3 Å². The molecule has 4 N–H and O–H groups in total. The number of carbonyl (C=O) groups is 4. The Kier molecular flexibility index (Phi) is 5.37. The molecular formula is C20H11KO8. The summed E-state index contributed by atoms with van der Waals surface area (Å²) in [5.74, 6) is -5.72. The van der Waals surface area contributed by atoms with Gasteiger partial charge in [-0.15, -0.1) is 0 Å². The first-order valence-corrected chi connectivity index (χ1v) is 7.94. The SMILES string of the molecule is O=C(O)c1c(C(=O)O)c2ccc(C(=O)O)c3c(C(=O)O)cc4cccc1c4c23.[KH]. The number of hydrogen-bond acceptors (Lipinski definition) is 4. The van der Waals surface area contributed by atoms with Gasteiger partial charge in [0, 0.05) is 5.39 Å². The molecule has 29 heavy (non-hydrogen) atoms. The van der Waals surface area contributed by atoms with Gasteiger partial charge in [-0.3, -0.25) is 0 Å². The Balaban J connectivity index is 0.00000240. The average Bonchev–Trinajstić information content (AvgIpc) is 2.63. The van der Waals surface area contributed by atoms with Crippen molar-refractivity contribution in [2.45, 2.75) is 0 Å². The van der Waals surface area contributed by atoms with E-state index < -0.39 is 35.0 Å². The Hall–Kier alpha value is -2.56. The fourth-order valence-electron chi connectivity index (χ4n) is 3.82. The van der Waals surface area contributed by atoms with Gasteiger partial charge in [-0.2, -0.15) is 0 Å². The molecule has 0 heterocycles. The second-order valence-corrected chi connectivity index (χ2v) is 6.21. The minimum absolute atomic E-state index is 0. The van der Waals surface area contributed by atoms with E-state index in [0.717, 1.165) is 6.07 Å². The van der Waals surface area contributed by atoms with Gasteiger partial charge in [0.1, 0.15) is 0 Å². The molecule has 0 aromatic heterocycles. The number of rotatable bonds is 4. The number of aromatic carboxylic acids is 4. The second kappa shape index (κ2) is 7.36. The Labute approximate surface area is 204 Å². The summed E-state index contributed by atoms with van der Waals surface area (Å²) in [5, 5.41) is 39.2. The fourth-order valence-corrected chi connectivity index (χ4v) is 3.82. The van der Waals surface area contributed by atoms with E-state index in [0.29, 0.717) is 10.8 Å². The van der Waals surface area contributed by atoms with Gasteiger partial charge in [-0.05, 0) is 39.1 Å². The first-order chi connectivity index (χ1) is 13.2. The van der Waals surface area contributed by atoms with Crippen LogP contribution in [0.5, 0.6) is 0 Å². The maximum absolute atomic E-state index is 11.9. The third-order valence-electron chi connectivity index (χ3n) is 4.80. The molecule has 0 aliphatic carbocycles. The fraction of sp³-hybridized carbons (Fsp3) is 0. The van der Waals surface area contributed by atoms with Crippen molar-refractivity contribution in [1.82, 2.24) is 0 Å². The molecule has 0 radical (unpaired) electrons. The molecule has 4 aromatic rings. The molecule has 0 spiro atoms. The predicted molar refractivity (Wildman–Crippen MR) is 105 cm³/mol. The standard InChI is InChI=1S/C20H10O8.K.H/c21-17(22)10-5-4-9-14-12-7(6-11(13(10)14)18(23)24)2-1-3-8(12)15(19(25)26)16(9)20(27)28;;/h1-6H,(H,21,22)(H,23,24)(H,25,26)(H,27,28);;. The summed E-state index contributed by atoms with van der Waals surface area (Å²) in [6.07, 6.45) is 0. The van der Waals surface area contributed by atoms with Crippen LogP contribution in [0.15, 0.2) is 36.4 Å². The van der Waals surface area contributed by atoms with Gasteiger partial charge < -0.3 is 20.4 Å². The number of benzene rings is 4. The summed E-state index contributed by atoms with van der Waals surface area (Å²) in [7, 11) is 0. The van der Waals surface area contributed by atoms with Crippen molar-refractivity contribution in [3.05, 3.63) is 58.7 Å². The number of carboxylic acids is 4. The zero-order valence-corrected chi connectivity index (χ0v) is 13.9. The van der Waals surface area contributed by atoms with Crippen LogP contribution in [0, 0.1) is 0 Å². The molecule has 0 unspecified atom stereocenters. The molecule has 0 amide bonds. The van der Waals surface area contributed by atoms with E-state index in [4.69, 9.17) is 0 Å². The van der Waals surface area contributed by atoms with Crippen molar-refractivity contribution in [2.24, 2.45) is 0 Å². The first-order valence-electron chi connectivity index (χ1n) is 7.94. The molecule has 0 aliphatic heterocycles. The zero-order chi connectivity index (χ0) is 20.3. The first kappa shape index (κ1) is 21.2. The molecule has 8 nitrogen and oxygen atoms in total. The summed E-state index contributed by atoms with van der Waals surface area (Å²) in [5.41, 5.74) is -1.56. The van der Waals surface area contributed by atoms with Crippen molar-refractivity contribution in [3.8, 4) is 0 Å². The topological polar surface area (TPSA) is 149 Å². The van der Waals surface area contributed by atoms with Crippen LogP contribution in [0.4, 0.5) is 0 Å². The molecule has 4 rings (SSSR count). The van der Waals surface area contributed by atoms with Crippen molar-refractivity contribution in [2.75, 3.05) is 0 Å². The van der Waals surface area contributed by atoms with Crippen LogP contribution >= 0.6 is 0 Å². The van der Waals surface area contributed by atoms with Crippen molar-refractivity contribution >= 4 is 108 Å². The van der Waals surface area contributed by atoms with Crippen LogP contribution in [-0.2, 0) is 0 Å². The van der Waals surface area contributed by atoms with E-state index >= 15 is 0 Å². The Morgan fingerprint density at radius 1 is 0.586 bits per heavy atom. The summed E-state index contributed by atoms with van der Waals surface area (Å²) in [6.45, 7) is 0. The van der Waals surface area contributed by atoms with Gasteiger partial charge in [0.15, 0.2) is 0 Å². The van der Waals surface area contributed by atoms with Crippen molar-refractivity contribution in [1.29, 1.82) is 0 Å². The summed E-state index contributed by atoms with van der Waals surface area (Å²) in [4.78, 5) is 47.3. The van der Waals surface area contributed by atoms with E-state index in [1.165, 1.54) is 24.3 Å². The monoisotopic (exact) mass is 418 g/mol. The van der Waals surface area contributed by atoms with Crippen molar-refractivity contribution in [3.63, 3.8) is 0 Å². The summed E-state index contributed by atoms with van der Waals surface area (Å²) >= 11 is 0. The van der Waals surface area contributed by atoms with Gasteiger partial charge in [0.25, 0.3) is 0 Å². The molecule has 0 bridgehead atoms. The predicted octanol–water partition coefficient (Wildman–Crippen LogP) is 2.73. The van der Waals surface area contributed by atoms with Gasteiger partial charge in [0.05, 0.1) is 22.3 Å². The van der Waals surface area contributed by atoms with Crippen LogP contribution in [-0.4, -0.2) is 95.7 Å². The van der Waals surface area contributed by atoms with Gasteiger partial charge in [-0.25, -0.2) is 19.2 Å². The quantitative estimate of drug-likeness (QED) is 0.292. The zero-order valence-electron chi connectivity index (χ0n) is 13.9.